The predicted molar refractivity (Wildman–Crippen MR) is 86.5 cm³/mol. The van der Waals surface area contributed by atoms with Gasteiger partial charge in [0.2, 0.25) is 0 Å². The Balaban J connectivity index is 2.25. The van der Waals surface area contributed by atoms with Crippen LogP contribution in [0.3, 0.4) is 0 Å². The molecule has 25 heavy (non-hydrogen) atoms. The first-order chi connectivity index (χ1) is 12.0. The van der Waals surface area contributed by atoms with Crippen molar-refractivity contribution in [2.45, 2.75) is 6.61 Å². The van der Waals surface area contributed by atoms with Gasteiger partial charge < -0.3 is 14.2 Å². The minimum Gasteiger partial charge on any atom is -0.493 e. The minimum absolute atomic E-state index is 0.0873. The number of nitrogens with zero attached hydrogens (tertiary/aromatic N) is 2. The van der Waals surface area contributed by atoms with Crippen molar-refractivity contribution in [3.63, 3.8) is 0 Å². The molecule has 0 heterocycles. The summed E-state index contributed by atoms with van der Waals surface area (Å²) in [6.07, 6.45) is 0. The number of hydrogen-bond donors (Lipinski definition) is 0. The van der Waals surface area contributed by atoms with Gasteiger partial charge in [-0.2, -0.15) is 5.26 Å². The Kier molecular flexibility index (Phi) is 5.53. The average molecular weight is 342 g/mol. The Morgan fingerprint density at radius 3 is 2.28 bits per heavy atom. The molecule has 0 aromatic heterocycles. The molecule has 0 saturated heterocycles. The summed E-state index contributed by atoms with van der Waals surface area (Å²) in [6.45, 7) is -0.0873. The quantitative estimate of drug-likeness (QED) is 0.451. The van der Waals surface area contributed by atoms with Crippen LogP contribution in [0.5, 0.6) is 11.5 Å². The van der Waals surface area contributed by atoms with Crippen molar-refractivity contribution >= 4 is 11.7 Å². The van der Waals surface area contributed by atoms with Gasteiger partial charge in [-0.15, -0.1) is 0 Å². The first-order valence-electron chi connectivity index (χ1n) is 7.06. The minimum atomic E-state index is -0.864. The number of nitro groups is 1. The molecule has 0 aliphatic carbocycles. The van der Waals surface area contributed by atoms with E-state index in [0.717, 1.165) is 6.07 Å². The molecule has 0 unspecified atom stereocenters. The van der Waals surface area contributed by atoms with E-state index in [1.807, 2.05) is 6.07 Å². The summed E-state index contributed by atoms with van der Waals surface area (Å²) < 4.78 is 15.2. The van der Waals surface area contributed by atoms with E-state index in [1.165, 1.54) is 20.3 Å². The van der Waals surface area contributed by atoms with Crippen LogP contribution >= 0.6 is 0 Å². The Morgan fingerprint density at radius 2 is 1.76 bits per heavy atom. The highest BCUT2D eigenvalue weighted by atomic mass is 16.6. The van der Waals surface area contributed by atoms with E-state index in [2.05, 4.69) is 0 Å². The van der Waals surface area contributed by atoms with Gasteiger partial charge in [-0.05, 0) is 17.7 Å². The zero-order valence-corrected chi connectivity index (χ0v) is 13.5. The van der Waals surface area contributed by atoms with Gasteiger partial charge in [0.05, 0.1) is 36.8 Å². The Labute approximate surface area is 143 Å². The first kappa shape index (κ1) is 17.7. The molecule has 8 nitrogen and oxygen atoms in total. The lowest BCUT2D eigenvalue weighted by atomic mass is 10.1. The highest BCUT2D eigenvalue weighted by molar-refractivity contribution is 5.95. The van der Waals surface area contributed by atoms with Crippen LogP contribution in [-0.2, 0) is 11.3 Å². The van der Waals surface area contributed by atoms with Crippen molar-refractivity contribution < 1.29 is 23.9 Å². The maximum absolute atomic E-state index is 12.3. The number of carbonyl (C=O) groups excluding carboxylic acids is 1. The highest BCUT2D eigenvalue weighted by Gasteiger charge is 2.25. The SMILES string of the molecule is COc1cc(C(=O)OCc2ccc(C#N)cc2)c([N+](=O)[O-])cc1OC. The van der Waals surface area contributed by atoms with Crippen LogP contribution in [0.1, 0.15) is 21.5 Å². The van der Waals surface area contributed by atoms with Crippen molar-refractivity contribution in [3.8, 4) is 17.6 Å². The fraction of sp³-hybridized carbons (Fsp3) is 0.176. The molecule has 0 saturated carbocycles. The number of benzene rings is 2. The molecule has 0 spiro atoms. The molecule has 0 amide bonds. The largest absolute Gasteiger partial charge is 0.493 e. The Morgan fingerprint density at radius 1 is 1.16 bits per heavy atom. The summed E-state index contributed by atoms with van der Waals surface area (Å²) in [5, 5.41) is 20.0. The van der Waals surface area contributed by atoms with Gasteiger partial charge in [0.25, 0.3) is 5.69 Å². The van der Waals surface area contributed by atoms with E-state index < -0.39 is 16.6 Å². The average Bonchev–Trinajstić information content (AvgIpc) is 2.65. The normalized spacial score (nSPS) is 9.80. The van der Waals surface area contributed by atoms with Crippen molar-refractivity contribution in [1.82, 2.24) is 0 Å². The number of esters is 1. The Hall–Kier alpha value is -3.60. The summed E-state index contributed by atoms with van der Waals surface area (Å²) in [5.41, 5.74) is 0.444. The van der Waals surface area contributed by atoms with Gasteiger partial charge in [0, 0.05) is 6.07 Å². The number of nitriles is 1. The number of methoxy groups -OCH3 is 2. The van der Waals surface area contributed by atoms with Gasteiger partial charge in [-0.3, -0.25) is 10.1 Å². The molecule has 0 aliphatic rings. The van der Waals surface area contributed by atoms with Crippen LogP contribution in [0.15, 0.2) is 36.4 Å². The van der Waals surface area contributed by atoms with E-state index in [-0.39, 0.29) is 23.7 Å². The summed E-state index contributed by atoms with van der Waals surface area (Å²) in [5.74, 6) is -0.548. The maximum atomic E-state index is 12.3. The lowest BCUT2D eigenvalue weighted by Gasteiger charge is -2.10. The van der Waals surface area contributed by atoms with E-state index >= 15 is 0 Å². The van der Waals surface area contributed by atoms with Crippen molar-refractivity contribution in [2.24, 2.45) is 0 Å². The topological polar surface area (TPSA) is 112 Å². The van der Waals surface area contributed by atoms with Gasteiger partial charge in [-0.25, -0.2) is 4.79 Å². The number of hydrogen-bond acceptors (Lipinski definition) is 7. The van der Waals surface area contributed by atoms with E-state index in [4.69, 9.17) is 19.5 Å². The third-order valence-electron chi connectivity index (χ3n) is 3.37. The predicted octanol–water partition coefficient (Wildman–Crippen LogP) is 2.84. The Bertz CT molecular complexity index is 839. The maximum Gasteiger partial charge on any atom is 0.345 e. The zero-order valence-electron chi connectivity index (χ0n) is 13.5. The molecule has 2 aromatic carbocycles. The molecule has 2 aromatic rings. The molecule has 0 bridgehead atoms. The molecule has 0 atom stereocenters. The van der Waals surface area contributed by atoms with E-state index in [9.17, 15) is 14.9 Å². The second-order valence-electron chi connectivity index (χ2n) is 4.87. The summed E-state index contributed by atoms with van der Waals surface area (Å²) in [7, 11) is 2.69. The molecule has 0 aliphatic heterocycles. The van der Waals surface area contributed by atoms with Gasteiger partial charge in [-0.1, -0.05) is 12.1 Å². The molecule has 8 heteroatoms. The lowest BCUT2D eigenvalue weighted by molar-refractivity contribution is -0.385. The second kappa shape index (κ2) is 7.79. The number of nitro benzene ring substituents is 1. The summed E-state index contributed by atoms with van der Waals surface area (Å²) in [4.78, 5) is 22.8. The molecule has 0 fully saturated rings. The molecular weight excluding hydrogens is 328 g/mol. The third kappa shape index (κ3) is 4.03. The van der Waals surface area contributed by atoms with E-state index in [1.54, 1.807) is 24.3 Å². The van der Waals surface area contributed by atoms with Crippen LogP contribution in [0.2, 0.25) is 0 Å². The molecule has 2 rings (SSSR count). The fourth-order valence-corrected chi connectivity index (χ4v) is 2.08. The lowest BCUT2D eigenvalue weighted by Crippen LogP contribution is -2.09. The standard InChI is InChI=1S/C17H14N2O6/c1-23-15-7-13(14(19(21)22)8-16(15)24-2)17(20)25-10-12-5-3-11(9-18)4-6-12/h3-8H,10H2,1-2H3. The molecule has 0 N–H and O–H groups in total. The number of rotatable bonds is 6. The van der Waals surface area contributed by atoms with Crippen LogP contribution in [-0.4, -0.2) is 25.1 Å². The van der Waals surface area contributed by atoms with Crippen LogP contribution in [0.25, 0.3) is 0 Å². The van der Waals surface area contributed by atoms with Crippen LogP contribution in [0, 0.1) is 21.4 Å². The summed E-state index contributed by atoms with van der Waals surface area (Å²) >= 11 is 0. The third-order valence-corrected chi connectivity index (χ3v) is 3.37. The molecule has 0 radical (unpaired) electrons. The number of carbonyl (C=O) groups is 1. The van der Waals surface area contributed by atoms with Crippen LogP contribution < -0.4 is 9.47 Å². The summed E-state index contributed by atoms with van der Waals surface area (Å²) in [6, 6.07) is 10.7. The van der Waals surface area contributed by atoms with Crippen molar-refractivity contribution in [1.29, 1.82) is 5.26 Å². The van der Waals surface area contributed by atoms with Crippen LogP contribution in [0.4, 0.5) is 5.69 Å². The van der Waals surface area contributed by atoms with Gasteiger partial charge >= 0.3 is 5.97 Å². The van der Waals surface area contributed by atoms with Crippen molar-refractivity contribution in [3.05, 3.63) is 63.2 Å². The van der Waals surface area contributed by atoms with Crippen molar-refractivity contribution in [2.75, 3.05) is 14.2 Å². The molecule has 128 valence electrons. The fourth-order valence-electron chi connectivity index (χ4n) is 2.08. The highest BCUT2D eigenvalue weighted by Crippen LogP contribution is 2.34. The first-order valence-corrected chi connectivity index (χ1v) is 7.06. The molecular formula is C17H14N2O6. The monoisotopic (exact) mass is 342 g/mol. The van der Waals surface area contributed by atoms with E-state index in [0.29, 0.717) is 11.1 Å². The second-order valence-corrected chi connectivity index (χ2v) is 4.87. The smallest absolute Gasteiger partial charge is 0.345 e. The van der Waals surface area contributed by atoms with Gasteiger partial charge in [0.1, 0.15) is 12.2 Å². The zero-order chi connectivity index (χ0) is 18.4. The van der Waals surface area contributed by atoms with Gasteiger partial charge in [0.15, 0.2) is 11.5 Å². The number of ether oxygens (including phenoxy) is 3.